The van der Waals surface area contributed by atoms with Gasteiger partial charge in [0.1, 0.15) is 5.75 Å². The van der Waals surface area contributed by atoms with Crippen LogP contribution in [0.1, 0.15) is 13.3 Å². The van der Waals surface area contributed by atoms with Crippen molar-refractivity contribution < 1.29 is 14.3 Å². The zero-order valence-corrected chi connectivity index (χ0v) is 12.3. The lowest BCUT2D eigenvalue weighted by molar-refractivity contribution is -0.136. The van der Waals surface area contributed by atoms with Gasteiger partial charge in [0, 0.05) is 21.9 Å². The van der Waals surface area contributed by atoms with Crippen LogP contribution in [0, 0.1) is 0 Å². The Labute approximate surface area is 118 Å². The molecule has 0 saturated carbocycles. The van der Waals surface area contributed by atoms with Crippen molar-refractivity contribution in [3.05, 3.63) is 29.8 Å². The van der Waals surface area contributed by atoms with Crippen LogP contribution >= 0.6 is 11.8 Å². The molecule has 0 saturated heterocycles. The highest BCUT2D eigenvalue weighted by atomic mass is 32.2. The van der Waals surface area contributed by atoms with E-state index in [0.717, 1.165) is 10.6 Å². The van der Waals surface area contributed by atoms with Crippen LogP contribution < -0.4 is 10.5 Å². The number of carbonyl (C=O) groups excluding carboxylic acids is 1. The first-order chi connectivity index (χ1) is 9.12. The Morgan fingerprint density at radius 1 is 1.42 bits per heavy atom. The number of anilines is 1. The van der Waals surface area contributed by atoms with Crippen molar-refractivity contribution in [1.29, 1.82) is 0 Å². The molecule has 0 heterocycles. The van der Waals surface area contributed by atoms with Gasteiger partial charge in [-0.25, -0.2) is 4.79 Å². The van der Waals surface area contributed by atoms with E-state index < -0.39 is 0 Å². The molecule has 0 atom stereocenters. The van der Waals surface area contributed by atoms with E-state index in [1.165, 1.54) is 7.11 Å². The first kappa shape index (κ1) is 15.4. The first-order valence-corrected chi connectivity index (χ1v) is 6.94. The normalized spacial score (nSPS) is 11.2. The van der Waals surface area contributed by atoms with Gasteiger partial charge in [0.15, 0.2) is 0 Å². The second-order valence-electron chi connectivity index (χ2n) is 3.79. The van der Waals surface area contributed by atoms with Crippen LogP contribution in [0.2, 0.25) is 0 Å². The Bertz CT molecular complexity index is 472. The lowest BCUT2D eigenvalue weighted by atomic mass is 10.2. The molecule has 0 fully saturated rings. The quantitative estimate of drug-likeness (QED) is 0.376. The number of thioether (sulfide) groups is 1. The lowest BCUT2D eigenvalue weighted by Crippen LogP contribution is -2.04. The lowest BCUT2D eigenvalue weighted by Gasteiger charge is -2.07. The molecular formula is C14H19NO3S. The number of esters is 1. The largest absolute Gasteiger partial charge is 0.497 e. The zero-order chi connectivity index (χ0) is 14.3. The molecule has 5 heteroatoms. The molecule has 0 aliphatic carbocycles. The molecule has 0 aromatic heterocycles. The van der Waals surface area contributed by atoms with Gasteiger partial charge in [-0.05, 0) is 24.6 Å². The van der Waals surface area contributed by atoms with E-state index in [2.05, 4.69) is 0 Å². The molecule has 104 valence electrons. The van der Waals surface area contributed by atoms with Gasteiger partial charge in [0.05, 0.1) is 14.2 Å². The monoisotopic (exact) mass is 281 g/mol. The second-order valence-corrected chi connectivity index (χ2v) is 4.85. The fourth-order valence-corrected chi connectivity index (χ4v) is 2.40. The number of rotatable bonds is 6. The summed E-state index contributed by atoms with van der Waals surface area (Å²) in [6, 6.07) is 5.52. The Morgan fingerprint density at radius 3 is 2.74 bits per heavy atom. The molecular weight excluding hydrogens is 262 g/mol. The summed E-state index contributed by atoms with van der Waals surface area (Å²) >= 11 is 1.56. The molecule has 0 aliphatic rings. The third-order valence-electron chi connectivity index (χ3n) is 2.62. The minimum atomic E-state index is -0.276. The maximum atomic E-state index is 11.4. The Balaban J connectivity index is 2.71. The molecule has 0 spiro atoms. The van der Waals surface area contributed by atoms with E-state index >= 15 is 0 Å². The van der Waals surface area contributed by atoms with E-state index in [1.807, 2.05) is 31.2 Å². The fourth-order valence-electron chi connectivity index (χ4n) is 1.50. The number of hydrogen-bond donors (Lipinski definition) is 1. The van der Waals surface area contributed by atoms with E-state index in [-0.39, 0.29) is 5.97 Å². The van der Waals surface area contributed by atoms with Gasteiger partial charge in [0.2, 0.25) is 0 Å². The molecule has 4 nitrogen and oxygen atoms in total. The molecule has 0 aliphatic heterocycles. The molecule has 19 heavy (non-hydrogen) atoms. The Hall–Kier alpha value is -1.62. The predicted molar refractivity (Wildman–Crippen MR) is 78.5 cm³/mol. The van der Waals surface area contributed by atoms with E-state index in [0.29, 0.717) is 23.4 Å². The molecule has 1 aromatic carbocycles. The van der Waals surface area contributed by atoms with Crippen molar-refractivity contribution in [1.82, 2.24) is 0 Å². The molecule has 1 rings (SSSR count). The number of carbonyl (C=O) groups is 1. The van der Waals surface area contributed by atoms with Crippen LogP contribution in [0.5, 0.6) is 5.75 Å². The van der Waals surface area contributed by atoms with E-state index in [9.17, 15) is 4.79 Å². The molecule has 2 N–H and O–H groups in total. The number of benzene rings is 1. The minimum Gasteiger partial charge on any atom is -0.497 e. The highest BCUT2D eigenvalue weighted by molar-refractivity contribution is 7.99. The first-order valence-electron chi connectivity index (χ1n) is 5.96. The van der Waals surface area contributed by atoms with Crippen molar-refractivity contribution in [2.75, 3.05) is 25.7 Å². The third kappa shape index (κ3) is 4.52. The number of nitrogen functional groups attached to an aromatic ring is 1. The summed E-state index contributed by atoms with van der Waals surface area (Å²) in [4.78, 5) is 12.3. The summed E-state index contributed by atoms with van der Waals surface area (Å²) in [5.74, 6) is 1.15. The summed E-state index contributed by atoms with van der Waals surface area (Å²) in [7, 11) is 3.01. The predicted octanol–water partition coefficient (Wildman–Crippen LogP) is 2.88. The topological polar surface area (TPSA) is 61.5 Å². The van der Waals surface area contributed by atoms with Crippen LogP contribution in [0.25, 0.3) is 0 Å². The van der Waals surface area contributed by atoms with Crippen LogP contribution in [-0.2, 0) is 9.53 Å². The SMILES string of the molecule is CCC(=CCSc1cc(OC)ccc1N)C(=O)OC. The van der Waals surface area contributed by atoms with Crippen molar-refractivity contribution in [2.45, 2.75) is 18.2 Å². The number of hydrogen-bond acceptors (Lipinski definition) is 5. The number of ether oxygens (including phenoxy) is 2. The van der Waals surface area contributed by atoms with Crippen LogP contribution in [-0.4, -0.2) is 25.9 Å². The Morgan fingerprint density at radius 2 is 2.16 bits per heavy atom. The Kier molecular flexibility index (Phi) is 6.29. The van der Waals surface area contributed by atoms with E-state index in [4.69, 9.17) is 15.2 Å². The van der Waals surface area contributed by atoms with Gasteiger partial charge in [-0.3, -0.25) is 0 Å². The maximum absolute atomic E-state index is 11.4. The van der Waals surface area contributed by atoms with Gasteiger partial charge < -0.3 is 15.2 Å². The highest BCUT2D eigenvalue weighted by Gasteiger charge is 2.07. The summed E-state index contributed by atoms with van der Waals surface area (Å²) in [6.45, 7) is 1.92. The summed E-state index contributed by atoms with van der Waals surface area (Å²) in [5.41, 5.74) is 7.27. The van der Waals surface area contributed by atoms with Crippen molar-refractivity contribution in [2.24, 2.45) is 0 Å². The average Bonchev–Trinajstić information content (AvgIpc) is 2.44. The third-order valence-corrected chi connectivity index (χ3v) is 3.62. The van der Waals surface area contributed by atoms with Gasteiger partial charge in [-0.2, -0.15) is 0 Å². The van der Waals surface area contributed by atoms with Crippen LogP contribution in [0.3, 0.4) is 0 Å². The zero-order valence-electron chi connectivity index (χ0n) is 11.4. The molecule has 0 amide bonds. The van der Waals surface area contributed by atoms with Gasteiger partial charge >= 0.3 is 5.97 Å². The van der Waals surface area contributed by atoms with Gasteiger partial charge in [0.25, 0.3) is 0 Å². The molecule has 0 bridgehead atoms. The highest BCUT2D eigenvalue weighted by Crippen LogP contribution is 2.29. The molecule has 0 unspecified atom stereocenters. The van der Waals surface area contributed by atoms with Crippen molar-refractivity contribution >= 4 is 23.4 Å². The van der Waals surface area contributed by atoms with Gasteiger partial charge in [-0.15, -0.1) is 11.8 Å². The van der Waals surface area contributed by atoms with Gasteiger partial charge in [-0.1, -0.05) is 13.0 Å². The summed E-state index contributed by atoms with van der Waals surface area (Å²) in [6.07, 6.45) is 2.52. The smallest absolute Gasteiger partial charge is 0.333 e. The standard InChI is InChI=1S/C14H19NO3S/c1-4-10(14(16)18-3)7-8-19-13-9-11(17-2)5-6-12(13)15/h5-7,9H,4,8,15H2,1-3H3. The molecule has 1 aromatic rings. The maximum Gasteiger partial charge on any atom is 0.333 e. The summed E-state index contributed by atoms with van der Waals surface area (Å²) in [5, 5.41) is 0. The minimum absolute atomic E-state index is 0.276. The van der Waals surface area contributed by atoms with Crippen molar-refractivity contribution in [3.8, 4) is 5.75 Å². The number of nitrogens with two attached hydrogens (primary N) is 1. The van der Waals surface area contributed by atoms with Crippen molar-refractivity contribution in [3.63, 3.8) is 0 Å². The average molecular weight is 281 g/mol. The number of methoxy groups -OCH3 is 2. The van der Waals surface area contributed by atoms with Crippen LogP contribution in [0.4, 0.5) is 5.69 Å². The van der Waals surface area contributed by atoms with Crippen LogP contribution in [0.15, 0.2) is 34.7 Å². The summed E-state index contributed by atoms with van der Waals surface area (Å²) < 4.78 is 9.86. The molecule has 0 radical (unpaired) electrons. The van der Waals surface area contributed by atoms with E-state index in [1.54, 1.807) is 18.9 Å². The second kappa shape index (κ2) is 7.74. The fraction of sp³-hybridized carbons (Fsp3) is 0.357.